The zero-order chi connectivity index (χ0) is 22.2. The van der Waals surface area contributed by atoms with Crippen LogP contribution in [0.4, 0.5) is 5.69 Å². The molecule has 31 heavy (non-hydrogen) atoms. The lowest BCUT2D eigenvalue weighted by atomic mass is 10.2. The van der Waals surface area contributed by atoms with Gasteiger partial charge >= 0.3 is 0 Å². The summed E-state index contributed by atoms with van der Waals surface area (Å²) in [5, 5.41) is 11.7. The average molecular weight is 484 g/mol. The van der Waals surface area contributed by atoms with Crippen LogP contribution >= 0.6 is 23.4 Å². The van der Waals surface area contributed by atoms with Crippen molar-refractivity contribution in [2.24, 2.45) is 0 Å². The van der Waals surface area contributed by atoms with Gasteiger partial charge in [0.25, 0.3) is 0 Å². The predicted octanol–water partition coefficient (Wildman–Crippen LogP) is 3.87. The van der Waals surface area contributed by atoms with Crippen LogP contribution in [-0.4, -0.2) is 51.7 Å². The van der Waals surface area contributed by atoms with E-state index in [4.69, 9.17) is 11.6 Å². The molecule has 1 amide bonds. The summed E-state index contributed by atoms with van der Waals surface area (Å²) in [5.74, 6) is 0.568. The van der Waals surface area contributed by atoms with Crippen molar-refractivity contribution in [3.8, 4) is 0 Å². The molecule has 168 valence electrons. The molecule has 2 aliphatic rings. The van der Waals surface area contributed by atoms with Crippen LogP contribution in [0.3, 0.4) is 0 Å². The summed E-state index contributed by atoms with van der Waals surface area (Å²) in [6.07, 6.45) is 4.95. The molecule has 0 radical (unpaired) electrons. The molecule has 1 N–H and O–H groups in total. The van der Waals surface area contributed by atoms with Gasteiger partial charge in [-0.1, -0.05) is 29.8 Å². The Morgan fingerprint density at radius 2 is 1.94 bits per heavy atom. The van der Waals surface area contributed by atoms with Crippen molar-refractivity contribution in [3.05, 3.63) is 29.0 Å². The number of thioether (sulfide) groups is 1. The number of hydrogen-bond acceptors (Lipinski definition) is 6. The van der Waals surface area contributed by atoms with Crippen LogP contribution in [-0.2, 0) is 14.8 Å². The Balaban J connectivity index is 1.48. The van der Waals surface area contributed by atoms with Gasteiger partial charge in [-0.15, -0.1) is 10.2 Å². The highest BCUT2D eigenvalue weighted by Gasteiger charge is 2.30. The zero-order valence-electron chi connectivity index (χ0n) is 17.5. The first-order valence-electron chi connectivity index (χ1n) is 10.5. The number of amides is 1. The van der Waals surface area contributed by atoms with Crippen molar-refractivity contribution in [1.82, 2.24) is 19.1 Å². The number of carbonyl (C=O) groups is 1. The molecule has 1 saturated carbocycles. The quantitative estimate of drug-likeness (QED) is 0.600. The Hall–Kier alpha value is -1.62. The second-order valence-corrected chi connectivity index (χ2v) is 11.6. The van der Waals surface area contributed by atoms with E-state index in [1.807, 2.05) is 6.92 Å². The van der Waals surface area contributed by atoms with E-state index in [1.165, 1.54) is 34.3 Å². The van der Waals surface area contributed by atoms with Crippen molar-refractivity contribution >= 4 is 45.0 Å². The van der Waals surface area contributed by atoms with E-state index < -0.39 is 15.3 Å². The summed E-state index contributed by atoms with van der Waals surface area (Å²) in [4.78, 5) is 13.0. The van der Waals surface area contributed by atoms with Gasteiger partial charge in [0.15, 0.2) is 5.16 Å². The monoisotopic (exact) mass is 483 g/mol. The minimum absolute atomic E-state index is 0.138. The molecule has 4 rings (SSSR count). The van der Waals surface area contributed by atoms with Crippen molar-refractivity contribution in [3.63, 3.8) is 0 Å². The molecule has 2 fully saturated rings. The van der Waals surface area contributed by atoms with Gasteiger partial charge in [0.1, 0.15) is 5.82 Å². The molecule has 0 unspecified atom stereocenters. The third kappa shape index (κ3) is 4.92. The number of aromatic nitrogens is 3. The first-order chi connectivity index (χ1) is 14.8. The largest absolute Gasteiger partial charge is 0.324 e. The molecular weight excluding hydrogens is 458 g/mol. The summed E-state index contributed by atoms with van der Waals surface area (Å²) >= 11 is 7.60. The van der Waals surface area contributed by atoms with Crippen molar-refractivity contribution in [1.29, 1.82) is 0 Å². The molecule has 1 atom stereocenters. The number of anilines is 1. The molecule has 11 heteroatoms. The lowest BCUT2D eigenvalue weighted by Gasteiger charge is -2.26. The minimum Gasteiger partial charge on any atom is -0.324 e. The van der Waals surface area contributed by atoms with Crippen LogP contribution in [0, 0.1) is 6.92 Å². The number of nitrogens with one attached hydrogen (secondary N) is 1. The molecule has 1 aliphatic carbocycles. The van der Waals surface area contributed by atoms with Crippen LogP contribution in [0.25, 0.3) is 0 Å². The van der Waals surface area contributed by atoms with Gasteiger partial charge in [-0.05, 0) is 57.7 Å². The fourth-order valence-corrected chi connectivity index (χ4v) is 6.32. The number of rotatable bonds is 7. The summed E-state index contributed by atoms with van der Waals surface area (Å²) in [5.41, 5.74) is 0.289. The zero-order valence-corrected chi connectivity index (χ0v) is 19.9. The number of nitrogens with zero attached hydrogens (tertiary/aromatic N) is 4. The molecule has 2 heterocycles. The summed E-state index contributed by atoms with van der Waals surface area (Å²) in [6.45, 7) is 4.72. The number of sulfonamides is 1. The molecule has 8 nitrogen and oxygen atoms in total. The van der Waals surface area contributed by atoms with Crippen LogP contribution in [0.5, 0.6) is 0 Å². The van der Waals surface area contributed by atoms with Gasteiger partial charge < -0.3 is 9.88 Å². The predicted molar refractivity (Wildman–Crippen MR) is 121 cm³/mol. The van der Waals surface area contributed by atoms with Crippen molar-refractivity contribution in [2.45, 2.75) is 67.3 Å². The van der Waals surface area contributed by atoms with Gasteiger partial charge in [0.2, 0.25) is 15.9 Å². The second-order valence-electron chi connectivity index (χ2n) is 7.99. The highest BCUT2D eigenvalue weighted by atomic mass is 35.5. The number of carbonyl (C=O) groups excluding carboxylic acids is 1. The molecule has 0 spiro atoms. The Morgan fingerprint density at radius 3 is 2.61 bits per heavy atom. The molecule has 1 aromatic heterocycles. The molecule has 1 aromatic carbocycles. The Kier molecular flexibility index (Phi) is 6.62. The number of halogens is 1. The maximum absolute atomic E-state index is 13.0. The third-order valence-electron chi connectivity index (χ3n) is 5.55. The number of piperidine rings is 1. The van der Waals surface area contributed by atoms with Crippen LogP contribution in [0.2, 0.25) is 5.02 Å². The Morgan fingerprint density at radius 1 is 1.23 bits per heavy atom. The Bertz CT molecular complexity index is 1080. The molecule has 1 saturated heterocycles. The summed E-state index contributed by atoms with van der Waals surface area (Å²) < 4.78 is 29.5. The first-order valence-corrected chi connectivity index (χ1v) is 13.2. The third-order valence-corrected chi connectivity index (χ3v) is 8.83. The van der Waals surface area contributed by atoms with Gasteiger partial charge in [0, 0.05) is 19.1 Å². The maximum Gasteiger partial charge on any atom is 0.243 e. The van der Waals surface area contributed by atoms with Gasteiger partial charge in [0.05, 0.1) is 20.9 Å². The van der Waals surface area contributed by atoms with E-state index in [9.17, 15) is 13.2 Å². The topological polar surface area (TPSA) is 97.2 Å². The van der Waals surface area contributed by atoms with E-state index in [1.54, 1.807) is 6.92 Å². The fourth-order valence-electron chi connectivity index (χ4n) is 3.64. The van der Waals surface area contributed by atoms with Crippen LogP contribution in [0.1, 0.15) is 50.9 Å². The molecule has 1 aliphatic heterocycles. The molecule has 2 aromatic rings. The number of benzene rings is 1. The van der Waals surface area contributed by atoms with E-state index >= 15 is 0 Å². The van der Waals surface area contributed by atoms with Crippen LogP contribution in [0.15, 0.2) is 28.3 Å². The highest BCUT2D eigenvalue weighted by Crippen LogP contribution is 2.39. The van der Waals surface area contributed by atoms with Gasteiger partial charge in [-0.3, -0.25) is 4.79 Å². The maximum atomic E-state index is 13.0. The number of aryl methyl sites for hydroxylation is 1. The lowest BCUT2D eigenvalue weighted by molar-refractivity contribution is -0.115. The number of hydrogen-bond donors (Lipinski definition) is 1. The highest BCUT2D eigenvalue weighted by molar-refractivity contribution is 8.00. The SMILES string of the molecule is Cc1nnc(S[C@H](C)C(=O)Nc2cc(S(=O)(=O)N3CCCCC3)ccc2Cl)n1C1CC1. The molecule has 0 bridgehead atoms. The molecular formula is C20H26ClN5O3S2. The van der Waals surface area contributed by atoms with Gasteiger partial charge in [-0.2, -0.15) is 4.31 Å². The first kappa shape index (κ1) is 22.6. The van der Waals surface area contributed by atoms with E-state index in [2.05, 4.69) is 20.1 Å². The second kappa shape index (κ2) is 9.09. The van der Waals surface area contributed by atoms with E-state index in [0.717, 1.165) is 43.1 Å². The lowest BCUT2D eigenvalue weighted by Crippen LogP contribution is -2.35. The smallest absolute Gasteiger partial charge is 0.243 e. The van der Waals surface area contributed by atoms with E-state index in [0.29, 0.717) is 24.2 Å². The van der Waals surface area contributed by atoms with Crippen molar-refractivity contribution in [2.75, 3.05) is 18.4 Å². The van der Waals surface area contributed by atoms with E-state index in [-0.39, 0.29) is 16.5 Å². The standard InChI is InChI=1S/C20H26ClN5O3S2/c1-13(30-20-24-23-14(2)26(20)15-6-7-15)19(27)22-18-12-16(8-9-17(18)21)31(28,29)25-10-4-3-5-11-25/h8-9,12-13,15H,3-7,10-11H2,1-2H3,(H,22,27)/t13-/m1/s1. The average Bonchev–Trinajstić information content (AvgIpc) is 3.53. The summed E-state index contributed by atoms with van der Waals surface area (Å²) in [7, 11) is -3.61. The normalized spacial score (nSPS) is 18.7. The van der Waals surface area contributed by atoms with Crippen LogP contribution < -0.4 is 5.32 Å². The van der Waals surface area contributed by atoms with Crippen molar-refractivity contribution < 1.29 is 13.2 Å². The fraction of sp³-hybridized carbons (Fsp3) is 0.550. The van der Waals surface area contributed by atoms with Gasteiger partial charge in [-0.25, -0.2) is 8.42 Å². The minimum atomic E-state index is -3.61. The summed E-state index contributed by atoms with van der Waals surface area (Å²) in [6, 6.07) is 4.86. The Labute approximate surface area is 191 Å².